The van der Waals surface area contributed by atoms with E-state index in [4.69, 9.17) is 4.74 Å². The highest BCUT2D eigenvalue weighted by molar-refractivity contribution is 5.50. The summed E-state index contributed by atoms with van der Waals surface area (Å²) in [6.45, 7) is 1.88. The molecule has 32 heavy (non-hydrogen) atoms. The van der Waals surface area contributed by atoms with Gasteiger partial charge in [0.2, 0.25) is 0 Å². The lowest BCUT2D eigenvalue weighted by Crippen LogP contribution is -1.95. The van der Waals surface area contributed by atoms with Gasteiger partial charge in [-0.1, -0.05) is 37.0 Å². The molecule has 0 unspecified atom stereocenters. The lowest BCUT2D eigenvalue weighted by Gasteiger charge is -2.03. The number of aryl methyl sites for hydroxylation is 1. The third kappa shape index (κ3) is 5.28. The van der Waals surface area contributed by atoms with Crippen LogP contribution in [0.5, 0.6) is 5.75 Å². The van der Waals surface area contributed by atoms with Crippen molar-refractivity contribution in [2.75, 3.05) is 7.11 Å². The highest BCUT2D eigenvalue weighted by atomic mass is 19.1. The Morgan fingerprint density at radius 1 is 0.656 bits per heavy atom. The third-order valence-electron chi connectivity index (χ3n) is 4.50. The largest absolute Gasteiger partial charge is 0.494 e. The van der Waals surface area contributed by atoms with Crippen LogP contribution in [0.4, 0.5) is 22.0 Å². The molecule has 0 aliphatic rings. The maximum absolute atomic E-state index is 14.4. The number of rotatable bonds is 3. The molecule has 0 aromatic heterocycles. The van der Waals surface area contributed by atoms with E-state index in [0.717, 1.165) is 24.6 Å². The van der Waals surface area contributed by atoms with Crippen LogP contribution in [-0.2, 0) is 6.42 Å². The first-order valence-corrected chi connectivity index (χ1v) is 9.67. The fourth-order valence-electron chi connectivity index (χ4n) is 2.96. The molecule has 0 fully saturated rings. The minimum atomic E-state index is -1.00. The molecule has 0 N–H and O–H groups in total. The topological polar surface area (TPSA) is 9.23 Å². The molecular formula is C26H17F5O. The van der Waals surface area contributed by atoms with Crippen LogP contribution in [0, 0.1) is 52.8 Å². The monoisotopic (exact) mass is 440 g/mol. The van der Waals surface area contributed by atoms with E-state index in [-0.39, 0.29) is 16.9 Å². The average molecular weight is 440 g/mol. The number of hydrogen-bond donors (Lipinski definition) is 0. The van der Waals surface area contributed by atoms with E-state index in [0.29, 0.717) is 12.0 Å². The highest BCUT2D eigenvalue weighted by Gasteiger charge is 2.11. The molecule has 0 saturated heterocycles. The average Bonchev–Trinajstić information content (AvgIpc) is 2.73. The highest BCUT2D eigenvalue weighted by Crippen LogP contribution is 2.19. The lowest BCUT2D eigenvalue weighted by molar-refractivity contribution is 0.386. The van der Waals surface area contributed by atoms with E-state index in [2.05, 4.69) is 23.7 Å². The molecule has 162 valence electrons. The van der Waals surface area contributed by atoms with E-state index >= 15 is 0 Å². The summed E-state index contributed by atoms with van der Waals surface area (Å²) in [6, 6.07) is 8.08. The minimum Gasteiger partial charge on any atom is -0.494 e. The van der Waals surface area contributed by atoms with Crippen molar-refractivity contribution in [3.8, 4) is 29.4 Å². The fraction of sp³-hybridized carbons (Fsp3) is 0.154. The zero-order valence-electron chi connectivity index (χ0n) is 17.3. The van der Waals surface area contributed by atoms with Gasteiger partial charge in [0.1, 0.15) is 23.3 Å². The Morgan fingerprint density at radius 3 is 1.66 bits per heavy atom. The normalized spacial score (nSPS) is 10.1. The first-order valence-electron chi connectivity index (χ1n) is 9.67. The molecule has 0 amide bonds. The van der Waals surface area contributed by atoms with Gasteiger partial charge in [0.05, 0.1) is 18.2 Å². The van der Waals surface area contributed by atoms with Gasteiger partial charge in [0.25, 0.3) is 0 Å². The Morgan fingerprint density at radius 2 is 1.16 bits per heavy atom. The molecule has 0 aliphatic carbocycles. The second-order valence-electron chi connectivity index (χ2n) is 6.85. The first kappa shape index (κ1) is 22.9. The van der Waals surface area contributed by atoms with Crippen LogP contribution < -0.4 is 4.74 Å². The van der Waals surface area contributed by atoms with Crippen LogP contribution in [0.1, 0.15) is 41.2 Å². The molecule has 3 aromatic carbocycles. The Balaban J connectivity index is 1.89. The maximum Gasteiger partial charge on any atom is 0.166 e. The van der Waals surface area contributed by atoms with Gasteiger partial charge in [0, 0.05) is 11.1 Å². The van der Waals surface area contributed by atoms with Crippen LogP contribution in [0.2, 0.25) is 0 Å². The zero-order chi connectivity index (χ0) is 23.3. The molecule has 0 saturated carbocycles. The number of hydrogen-bond acceptors (Lipinski definition) is 1. The summed E-state index contributed by atoms with van der Waals surface area (Å²) >= 11 is 0. The lowest BCUT2D eigenvalue weighted by atomic mass is 10.1. The summed E-state index contributed by atoms with van der Waals surface area (Å²) in [5.74, 6) is 5.15. The molecule has 6 heteroatoms. The van der Waals surface area contributed by atoms with E-state index in [1.54, 1.807) is 0 Å². The molecule has 0 radical (unpaired) electrons. The van der Waals surface area contributed by atoms with Gasteiger partial charge in [-0.2, -0.15) is 0 Å². The van der Waals surface area contributed by atoms with Crippen LogP contribution in [0.15, 0.2) is 42.5 Å². The Kier molecular flexibility index (Phi) is 7.18. The van der Waals surface area contributed by atoms with Gasteiger partial charge >= 0.3 is 0 Å². The number of methoxy groups -OCH3 is 1. The summed E-state index contributed by atoms with van der Waals surface area (Å²) in [4.78, 5) is 0. The van der Waals surface area contributed by atoms with E-state index in [9.17, 15) is 22.0 Å². The summed E-state index contributed by atoms with van der Waals surface area (Å²) in [5.41, 5.74) is -0.421. The van der Waals surface area contributed by atoms with Crippen molar-refractivity contribution in [2.24, 2.45) is 0 Å². The van der Waals surface area contributed by atoms with Crippen LogP contribution in [-0.4, -0.2) is 7.11 Å². The summed E-state index contributed by atoms with van der Waals surface area (Å²) in [6.07, 6.45) is 1.24. The minimum absolute atomic E-state index is 0.0173. The van der Waals surface area contributed by atoms with Crippen LogP contribution in [0.25, 0.3) is 0 Å². The Labute approximate surface area is 182 Å². The second kappa shape index (κ2) is 10.0. The smallest absolute Gasteiger partial charge is 0.166 e. The Hall–Kier alpha value is -3.77. The van der Waals surface area contributed by atoms with Crippen LogP contribution >= 0.6 is 0 Å². The molecule has 0 bridgehead atoms. The zero-order valence-corrected chi connectivity index (χ0v) is 17.3. The van der Waals surface area contributed by atoms with E-state index in [1.165, 1.54) is 31.4 Å². The SMILES string of the molecule is CCCc1cc(F)c(C#Cc2cc(F)c(C#Cc3ccc(OC)c(F)c3)c(F)c2)c(F)c1. The molecule has 3 aromatic rings. The summed E-state index contributed by atoms with van der Waals surface area (Å²) < 4.78 is 75.6. The molecule has 3 rings (SSSR count). The third-order valence-corrected chi connectivity index (χ3v) is 4.50. The molecular weight excluding hydrogens is 423 g/mol. The molecule has 0 aliphatic heterocycles. The van der Waals surface area contributed by atoms with Crippen molar-refractivity contribution >= 4 is 0 Å². The molecule has 0 heterocycles. The number of halogens is 5. The van der Waals surface area contributed by atoms with Crippen molar-refractivity contribution < 1.29 is 26.7 Å². The van der Waals surface area contributed by atoms with Gasteiger partial charge in [-0.15, -0.1) is 0 Å². The van der Waals surface area contributed by atoms with E-state index in [1.807, 2.05) is 6.92 Å². The van der Waals surface area contributed by atoms with Crippen molar-refractivity contribution in [3.63, 3.8) is 0 Å². The summed E-state index contributed by atoms with van der Waals surface area (Å²) in [5, 5.41) is 0. The van der Waals surface area contributed by atoms with Crippen molar-refractivity contribution in [3.05, 3.63) is 99.4 Å². The van der Waals surface area contributed by atoms with E-state index < -0.39 is 40.2 Å². The number of benzene rings is 3. The molecule has 0 atom stereocenters. The van der Waals surface area contributed by atoms with Crippen molar-refractivity contribution in [2.45, 2.75) is 19.8 Å². The fourth-order valence-corrected chi connectivity index (χ4v) is 2.96. The summed E-state index contributed by atoms with van der Waals surface area (Å²) in [7, 11) is 1.31. The van der Waals surface area contributed by atoms with Gasteiger partial charge in [-0.05, 0) is 54.4 Å². The van der Waals surface area contributed by atoms with Gasteiger partial charge in [0.15, 0.2) is 11.6 Å². The standard InChI is InChI=1S/C26H17F5O/c1-3-4-17-12-21(27)20(22(28)13-17)9-6-18-14-23(29)19(24(30)15-18)8-5-16-7-10-26(32-2)25(31)11-16/h7,10-15H,3-4H2,1-2H3. The van der Waals surface area contributed by atoms with Gasteiger partial charge in [-0.3, -0.25) is 0 Å². The maximum atomic E-state index is 14.4. The first-order chi connectivity index (χ1) is 15.3. The quantitative estimate of drug-likeness (QED) is 0.351. The predicted molar refractivity (Wildman–Crippen MR) is 112 cm³/mol. The predicted octanol–water partition coefficient (Wildman–Crippen LogP) is 6.14. The van der Waals surface area contributed by atoms with Crippen LogP contribution in [0.3, 0.4) is 0 Å². The van der Waals surface area contributed by atoms with Crippen molar-refractivity contribution in [1.82, 2.24) is 0 Å². The van der Waals surface area contributed by atoms with Crippen molar-refractivity contribution in [1.29, 1.82) is 0 Å². The van der Waals surface area contributed by atoms with Gasteiger partial charge < -0.3 is 4.74 Å². The Bertz CT molecular complexity index is 1240. The number of ether oxygens (including phenoxy) is 1. The van der Waals surface area contributed by atoms with Gasteiger partial charge in [-0.25, -0.2) is 22.0 Å². The molecule has 1 nitrogen and oxygen atoms in total. The second-order valence-corrected chi connectivity index (χ2v) is 6.85. The molecule has 0 spiro atoms.